The third kappa shape index (κ3) is 5.05. The van der Waals surface area contributed by atoms with E-state index in [0.29, 0.717) is 37.4 Å². The molecule has 0 spiro atoms. The van der Waals surface area contributed by atoms with E-state index in [9.17, 15) is 18.0 Å². The summed E-state index contributed by atoms with van der Waals surface area (Å²) in [6.07, 6.45) is -0.935. The van der Waals surface area contributed by atoms with Gasteiger partial charge in [-0.25, -0.2) is 4.98 Å². The number of benzene rings is 2. The highest BCUT2D eigenvalue weighted by Gasteiger charge is 2.33. The first-order chi connectivity index (χ1) is 18.3. The first-order valence-corrected chi connectivity index (χ1v) is 12.5. The number of amides is 1. The maximum absolute atomic E-state index is 13.6. The van der Waals surface area contributed by atoms with Crippen molar-refractivity contribution in [2.45, 2.75) is 25.4 Å². The van der Waals surface area contributed by atoms with Crippen molar-refractivity contribution in [3.05, 3.63) is 95.4 Å². The van der Waals surface area contributed by atoms with Gasteiger partial charge in [0.1, 0.15) is 11.4 Å². The van der Waals surface area contributed by atoms with E-state index in [-0.39, 0.29) is 12.3 Å². The molecule has 1 aliphatic heterocycles. The summed E-state index contributed by atoms with van der Waals surface area (Å²) < 4.78 is 48.0. The van der Waals surface area contributed by atoms with Gasteiger partial charge in [0.05, 0.1) is 24.1 Å². The van der Waals surface area contributed by atoms with Gasteiger partial charge in [-0.2, -0.15) is 13.2 Å². The Morgan fingerprint density at radius 3 is 2.53 bits per heavy atom. The SMILES string of the molecule is COc1ccccc1N1CCN(C(=O)CC(c2cccc(C(F)(F)F)c2)c2cnc3c(C)cccn23)CC1. The maximum Gasteiger partial charge on any atom is 0.416 e. The summed E-state index contributed by atoms with van der Waals surface area (Å²) in [6.45, 7) is 4.22. The number of hydrogen-bond acceptors (Lipinski definition) is 4. The number of aryl methyl sites for hydroxylation is 1. The number of para-hydroxylation sites is 2. The molecule has 0 bridgehead atoms. The molecule has 1 atom stereocenters. The number of carbonyl (C=O) groups is 1. The van der Waals surface area contributed by atoms with Crippen LogP contribution >= 0.6 is 0 Å². The lowest BCUT2D eigenvalue weighted by Crippen LogP contribution is -2.49. The van der Waals surface area contributed by atoms with Crippen molar-refractivity contribution in [2.75, 3.05) is 38.2 Å². The first-order valence-electron chi connectivity index (χ1n) is 12.5. The van der Waals surface area contributed by atoms with Gasteiger partial charge in [0, 0.05) is 50.9 Å². The molecule has 1 saturated heterocycles. The van der Waals surface area contributed by atoms with Crippen LogP contribution in [0.25, 0.3) is 5.65 Å². The van der Waals surface area contributed by atoms with E-state index in [1.807, 2.05) is 53.9 Å². The molecule has 9 heteroatoms. The van der Waals surface area contributed by atoms with Gasteiger partial charge in [0.2, 0.25) is 5.91 Å². The van der Waals surface area contributed by atoms with Gasteiger partial charge in [-0.1, -0.05) is 36.4 Å². The number of piperazine rings is 1. The van der Waals surface area contributed by atoms with Crippen LogP contribution in [-0.4, -0.2) is 53.5 Å². The third-order valence-electron chi connectivity index (χ3n) is 7.17. The predicted molar refractivity (Wildman–Crippen MR) is 140 cm³/mol. The van der Waals surface area contributed by atoms with E-state index >= 15 is 0 Å². The first kappa shape index (κ1) is 25.6. The minimum Gasteiger partial charge on any atom is -0.495 e. The molecule has 1 aliphatic rings. The van der Waals surface area contributed by atoms with E-state index in [1.54, 1.807) is 24.3 Å². The number of methoxy groups -OCH3 is 1. The Balaban J connectivity index is 1.41. The van der Waals surface area contributed by atoms with Gasteiger partial charge in [-0.05, 0) is 42.3 Å². The summed E-state index contributed by atoms with van der Waals surface area (Å²) in [5, 5.41) is 0. The number of alkyl halides is 3. The second-order valence-corrected chi connectivity index (χ2v) is 9.49. The zero-order valence-corrected chi connectivity index (χ0v) is 21.3. The smallest absolute Gasteiger partial charge is 0.416 e. The standard InChI is InChI=1S/C29H29F3N4O2/c1-20-7-6-12-36-25(19-33-28(20)36)23(21-8-5-9-22(17-21)29(30,31)32)18-27(37)35-15-13-34(14-16-35)24-10-3-4-11-26(24)38-2/h3-12,17,19,23H,13-16,18H2,1-2H3. The minimum absolute atomic E-state index is 0.0394. The van der Waals surface area contributed by atoms with Crippen molar-refractivity contribution in [3.8, 4) is 5.75 Å². The highest BCUT2D eigenvalue weighted by Crippen LogP contribution is 2.35. The molecule has 1 fully saturated rings. The summed E-state index contributed by atoms with van der Waals surface area (Å²) in [6, 6.07) is 16.8. The molecule has 0 aliphatic carbocycles. The molecule has 0 radical (unpaired) electrons. The quantitative estimate of drug-likeness (QED) is 0.334. The number of nitrogens with zero attached hydrogens (tertiary/aromatic N) is 4. The highest BCUT2D eigenvalue weighted by atomic mass is 19.4. The molecule has 3 heterocycles. The van der Waals surface area contributed by atoms with Crippen molar-refractivity contribution in [1.29, 1.82) is 0 Å². The summed E-state index contributed by atoms with van der Waals surface area (Å²) in [4.78, 5) is 22.0. The number of imidazole rings is 1. The summed E-state index contributed by atoms with van der Waals surface area (Å²) in [7, 11) is 1.63. The summed E-state index contributed by atoms with van der Waals surface area (Å²) in [5.74, 6) is 0.0864. The van der Waals surface area contributed by atoms with Crippen LogP contribution in [0.4, 0.5) is 18.9 Å². The second-order valence-electron chi connectivity index (χ2n) is 9.49. The number of hydrogen-bond donors (Lipinski definition) is 0. The van der Waals surface area contributed by atoms with Crippen LogP contribution in [-0.2, 0) is 11.0 Å². The molecule has 4 aromatic rings. The van der Waals surface area contributed by atoms with E-state index in [2.05, 4.69) is 9.88 Å². The third-order valence-corrected chi connectivity index (χ3v) is 7.17. The molecule has 198 valence electrons. The Morgan fingerprint density at radius 1 is 1.03 bits per heavy atom. The van der Waals surface area contributed by atoms with E-state index < -0.39 is 17.7 Å². The molecule has 2 aromatic carbocycles. The van der Waals surface area contributed by atoms with Crippen molar-refractivity contribution in [3.63, 3.8) is 0 Å². The van der Waals surface area contributed by atoms with Crippen LogP contribution in [0, 0.1) is 6.92 Å². The Kier molecular flexibility index (Phi) is 7.01. The molecule has 6 nitrogen and oxygen atoms in total. The molecule has 0 saturated carbocycles. The van der Waals surface area contributed by atoms with Gasteiger partial charge in [0.15, 0.2) is 0 Å². The van der Waals surface area contributed by atoms with Gasteiger partial charge in [-0.3, -0.25) is 4.79 Å². The number of pyridine rings is 1. The van der Waals surface area contributed by atoms with Gasteiger partial charge >= 0.3 is 6.18 Å². The maximum atomic E-state index is 13.6. The lowest BCUT2D eigenvalue weighted by Gasteiger charge is -2.37. The Labute approximate surface area is 219 Å². The van der Waals surface area contributed by atoms with Crippen molar-refractivity contribution in [1.82, 2.24) is 14.3 Å². The number of aromatic nitrogens is 2. The topological polar surface area (TPSA) is 50.1 Å². The molecule has 1 amide bonds. The number of carbonyl (C=O) groups excluding carboxylic acids is 1. The van der Waals surface area contributed by atoms with Crippen LogP contribution in [0.1, 0.15) is 34.7 Å². The zero-order valence-electron chi connectivity index (χ0n) is 21.3. The lowest BCUT2D eigenvalue weighted by molar-refractivity contribution is -0.137. The second kappa shape index (κ2) is 10.4. The normalized spacial score (nSPS) is 15.1. The zero-order chi connectivity index (χ0) is 26.9. The van der Waals surface area contributed by atoms with Crippen LogP contribution in [0.5, 0.6) is 5.75 Å². The van der Waals surface area contributed by atoms with E-state index in [0.717, 1.165) is 34.8 Å². The van der Waals surface area contributed by atoms with Crippen molar-refractivity contribution < 1.29 is 22.7 Å². The predicted octanol–water partition coefficient (Wildman–Crippen LogP) is 5.54. The fraction of sp³-hybridized carbons (Fsp3) is 0.310. The van der Waals surface area contributed by atoms with Crippen LogP contribution in [0.2, 0.25) is 0 Å². The van der Waals surface area contributed by atoms with E-state index in [4.69, 9.17) is 4.74 Å². The molecule has 0 N–H and O–H groups in total. The number of ether oxygens (including phenoxy) is 1. The van der Waals surface area contributed by atoms with Gasteiger partial charge < -0.3 is 18.9 Å². The number of rotatable bonds is 6. The molecule has 5 rings (SSSR count). The molecular formula is C29H29F3N4O2. The van der Waals surface area contributed by atoms with Crippen LogP contribution in [0.3, 0.4) is 0 Å². The number of halogens is 3. The minimum atomic E-state index is -4.48. The Hall–Kier alpha value is -4.01. The molecule has 38 heavy (non-hydrogen) atoms. The van der Waals surface area contributed by atoms with Crippen molar-refractivity contribution >= 4 is 17.2 Å². The van der Waals surface area contributed by atoms with Crippen LogP contribution in [0.15, 0.2) is 73.1 Å². The van der Waals surface area contributed by atoms with Gasteiger partial charge in [0.25, 0.3) is 0 Å². The van der Waals surface area contributed by atoms with Crippen molar-refractivity contribution in [2.24, 2.45) is 0 Å². The monoisotopic (exact) mass is 522 g/mol. The average molecular weight is 523 g/mol. The fourth-order valence-corrected chi connectivity index (χ4v) is 5.14. The highest BCUT2D eigenvalue weighted by molar-refractivity contribution is 5.78. The Morgan fingerprint density at radius 2 is 1.79 bits per heavy atom. The number of anilines is 1. The lowest BCUT2D eigenvalue weighted by atomic mass is 9.90. The Bertz CT molecular complexity index is 1440. The molecular weight excluding hydrogens is 493 g/mol. The summed E-state index contributed by atoms with van der Waals surface area (Å²) >= 11 is 0. The summed E-state index contributed by atoms with van der Waals surface area (Å²) in [5.41, 5.74) is 3.03. The molecule has 2 aromatic heterocycles. The fourth-order valence-electron chi connectivity index (χ4n) is 5.14. The van der Waals surface area contributed by atoms with Gasteiger partial charge in [-0.15, -0.1) is 0 Å². The van der Waals surface area contributed by atoms with E-state index in [1.165, 1.54) is 6.07 Å². The average Bonchev–Trinajstić information content (AvgIpc) is 3.36. The van der Waals surface area contributed by atoms with Crippen LogP contribution < -0.4 is 9.64 Å². The largest absolute Gasteiger partial charge is 0.495 e. The molecule has 1 unspecified atom stereocenters. The number of fused-ring (bicyclic) bond motifs is 1.